The third kappa shape index (κ3) is 4.86. The Morgan fingerprint density at radius 1 is 1.24 bits per heavy atom. The van der Waals surface area contributed by atoms with E-state index in [0.717, 1.165) is 50.7 Å². The van der Waals surface area contributed by atoms with Crippen LogP contribution in [0.3, 0.4) is 0 Å². The number of rotatable bonds is 7. The van der Waals surface area contributed by atoms with Crippen molar-refractivity contribution < 1.29 is 23.7 Å². The number of nitrogens with one attached hydrogen (secondary N) is 1. The van der Waals surface area contributed by atoms with Crippen molar-refractivity contribution in [1.29, 1.82) is 0 Å². The van der Waals surface area contributed by atoms with Crippen LogP contribution in [0, 0.1) is 0 Å². The topological polar surface area (TPSA) is 97.2 Å². The van der Waals surface area contributed by atoms with Crippen molar-refractivity contribution in [1.82, 2.24) is 15.1 Å². The lowest BCUT2D eigenvalue weighted by molar-refractivity contribution is 0.0357. The van der Waals surface area contributed by atoms with Crippen molar-refractivity contribution in [3.8, 4) is 17.2 Å². The van der Waals surface area contributed by atoms with Gasteiger partial charge in [-0.1, -0.05) is 0 Å². The molecule has 34 heavy (non-hydrogen) atoms. The second kappa shape index (κ2) is 10.4. The third-order valence-electron chi connectivity index (χ3n) is 5.75. The average molecular weight is 486 g/mol. The number of carbonyl (C=O) groups excluding carboxylic acids is 1. The summed E-state index contributed by atoms with van der Waals surface area (Å²) < 4.78 is 22.5. The highest BCUT2D eigenvalue weighted by Gasteiger charge is 2.33. The van der Waals surface area contributed by atoms with Gasteiger partial charge in [-0.05, 0) is 30.0 Å². The summed E-state index contributed by atoms with van der Waals surface area (Å²) in [6.07, 6.45) is 0.284. The van der Waals surface area contributed by atoms with Crippen molar-refractivity contribution in [3.63, 3.8) is 0 Å². The van der Waals surface area contributed by atoms with Gasteiger partial charge in [-0.25, -0.2) is 9.79 Å². The molecule has 1 fully saturated rings. The van der Waals surface area contributed by atoms with Gasteiger partial charge in [0.1, 0.15) is 17.3 Å². The molecule has 0 bridgehead atoms. The predicted molar refractivity (Wildman–Crippen MR) is 129 cm³/mol. The average Bonchev–Trinajstić information content (AvgIpc) is 3.55. The van der Waals surface area contributed by atoms with Gasteiger partial charge in [0.2, 0.25) is 5.96 Å². The van der Waals surface area contributed by atoms with E-state index >= 15 is 0 Å². The van der Waals surface area contributed by atoms with Crippen LogP contribution in [0.2, 0.25) is 0 Å². The monoisotopic (exact) mass is 485 g/mol. The van der Waals surface area contributed by atoms with Gasteiger partial charge in [0.25, 0.3) is 0 Å². The normalized spacial score (nSPS) is 17.4. The molecule has 1 saturated heterocycles. The lowest BCUT2D eigenvalue weighted by atomic mass is 10.1. The van der Waals surface area contributed by atoms with Gasteiger partial charge in [0, 0.05) is 37.1 Å². The number of methoxy groups -OCH3 is 1. The molecule has 180 valence electrons. The molecule has 1 amide bonds. The zero-order chi connectivity index (χ0) is 23.3. The van der Waals surface area contributed by atoms with E-state index < -0.39 is 6.09 Å². The van der Waals surface area contributed by atoms with E-state index in [4.69, 9.17) is 23.9 Å². The van der Waals surface area contributed by atoms with E-state index in [1.807, 2.05) is 22.4 Å². The van der Waals surface area contributed by atoms with E-state index in [9.17, 15) is 4.79 Å². The number of hydrogen-bond acceptors (Lipinski definition) is 10. The zero-order valence-corrected chi connectivity index (χ0v) is 19.8. The molecule has 1 aromatic carbocycles. The fraction of sp³-hybridized carbons (Fsp3) is 0.435. The molecule has 0 aliphatic carbocycles. The maximum absolute atomic E-state index is 12.5. The van der Waals surface area contributed by atoms with Crippen molar-refractivity contribution in [2.75, 3.05) is 59.7 Å². The minimum absolute atomic E-state index is 0.353. The Morgan fingerprint density at radius 3 is 2.91 bits per heavy atom. The SMILES string of the molecule is COc1c(OCCCN2CCOCC2)ccc2c1N=C(NC(=O)Oc1ccsc1)N1CCN=C21. The number of guanidine groups is 1. The molecular formula is C23H27N5O5S. The van der Waals surface area contributed by atoms with Crippen molar-refractivity contribution in [3.05, 3.63) is 34.5 Å². The van der Waals surface area contributed by atoms with Crippen LogP contribution < -0.4 is 19.5 Å². The van der Waals surface area contributed by atoms with Gasteiger partial charge in [-0.15, -0.1) is 11.3 Å². The summed E-state index contributed by atoms with van der Waals surface area (Å²) in [7, 11) is 1.59. The number of nitrogens with zero attached hydrogens (tertiary/aromatic N) is 4. The van der Waals surface area contributed by atoms with Crippen LogP contribution in [0.5, 0.6) is 17.2 Å². The molecule has 1 N–H and O–H groups in total. The lowest BCUT2D eigenvalue weighted by Crippen LogP contribution is -2.48. The number of morpholine rings is 1. The minimum atomic E-state index is -0.610. The quantitative estimate of drug-likeness (QED) is 0.603. The second-order valence-corrected chi connectivity index (χ2v) is 8.70. The van der Waals surface area contributed by atoms with E-state index in [1.54, 1.807) is 18.6 Å². The number of fused-ring (bicyclic) bond motifs is 3. The Kier molecular flexibility index (Phi) is 6.93. The molecule has 0 saturated carbocycles. The molecular weight excluding hydrogens is 458 g/mol. The highest BCUT2D eigenvalue weighted by molar-refractivity contribution is 7.08. The molecule has 11 heteroatoms. The van der Waals surface area contributed by atoms with Crippen LogP contribution in [-0.4, -0.2) is 87.3 Å². The first-order valence-electron chi connectivity index (χ1n) is 11.3. The van der Waals surface area contributed by atoms with Gasteiger partial charge in [0.05, 0.1) is 33.5 Å². The van der Waals surface area contributed by atoms with E-state index in [2.05, 4.69) is 15.2 Å². The van der Waals surface area contributed by atoms with Gasteiger partial charge in [-0.2, -0.15) is 0 Å². The molecule has 0 spiro atoms. The zero-order valence-electron chi connectivity index (χ0n) is 19.0. The molecule has 10 nitrogen and oxygen atoms in total. The van der Waals surface area contributed by atoms with Gasteiger partial charge in [-0.3, -0.25) is 20.1 Å². The number of amides is 1. The van der Waals surface area contributed by atoms with E-state index in [0.29, 0.717) is 48.6 Å². The fourth-order valence-electron chi connectivity index (χ4n) is 4.13. The molecule has 4 heterocycles. The maximum atomic E-state index is 12.5. The Bertz CT molecular complexity index is 1080. The molecule has 0 atom stereocenters. The third-order valence-corrected chi connectivity index (χ3v) is 6.42. The molecule has 1 aromatic heterocycles. The second-order valence-electron chi connectivity index (χ2n) is 7.92. The standard InChI is InChI=1S/C23H27N5O5S/c1-30-20-18(32-11-2-7-27-9-12-31-13-10-27)4-3-17-19(20)25-22(28-8-6-24-21(17)28)26-23(29)33-16-5-14-34-15-16/h3-5,14-15H,2,6-13H2,1H3,(H,25,26,29). The molecule has 3 aliphatic rings. The van der Waals surface area contributed by atoms with Crippen molar-refractivity contribution in [2.45, 2.75) is 6.42 Å². The highest BCUT2D eigenvalue weighted by Crippen LogP contribution is 2.43. The maximum Gasteiger partial charge on any atom is 0.419 e. The Morgan fingerprint density at radius 2 is 2.12 bits per heavy atom. The molecule has 0 unspecified atom stereocenters. The number of carbonyl (C=O) groups is 1. The molecule has 5 rings (SSSR count). The first-order valence-corrected chi connectivity index (χ1v) is 12.2. The fourth-order valence-corrected chi connectivity index (χ4v) is 4.68. The van der Waals surface area contributed by atoms with Gasteiger partial charge >= 0.3 is 6.09 Å². The largest absolute Gasteiger partial charge is 0.491 e. The van der Waals surface area contributed by atoms with Gasteiger partial charge in [0.15, 0.2) is 11.5 Å². The van der Waals surface area contributed by atoms with E-state index in [-0.39, 0.29) is 0 Å². The van der Waals surface area contributed by atoms with Gasteiger partial charge < -0.3 is 18.9 Å². The predicted octanol–water partition coefficient (Wildman–Crippen LogP) is 2.71. The summed E-state index contributed by atoms with van der Waals surface area (Å²) in [4.78, 5) is 26.1. The van der Waals surface area contributed by atoms with Crippen LogP contribution in [0.25, 0.3) is 0 Å². The lowest BCUT2D eigenvalue weighted by Gasteiger charge is -2.28. The summed E-state index contributed by atoms with van der Waals surface area (Å²) in [5.74, 6) is 2.71. The molecule has 3 aliphatic heterocycles. The highest BCUT2D eigenvalue weighted by atomic mass is 32.1. The van der Waals surface area contributed by atoms with Crippen LogP contribution in [0.15, 0.2) is 38.9 Å². The van der Waals surface area contributed by atoms with Crippen molar-refractivity contribution in [2.24, 2.45) is 9.98 Å². The summed E-state index contributed by atoms with van der Waals surface area (Å²) in [6, 6.07) is 5.57. The summed E-state index contributed by atoms with van der Waals surface area (Å²) >= 11 is 1.45. The van der Waals surface area contributed by atoms with Crippen LogP contribution in [0.4, 0.5) is 10.5 Å². The summed E-state index contributed by atoms with van der Waals surface area (Å²) in [5, 5.41) is 6.35. The van der Waals surface area contributed by atoms with Crippen LogP contribution in [0.1, 0.15) is 12.0 Å². The Balaban J connectivity index is 1.32. The smallest absolute Gasteiger partial charge is 0.419 e. The van der Waals surface area contributed by atoms with Crippen molar-refractivity contribution >= 4 is 34.9 Å². The number of amidine groups is 1. The first-order chi connectivity index (χ1) is 16.7. The summed E-state index contributed by atoms with van der Waals surface area (Å²) in [6.45, 7) is 6.24. The Hall–Kier alpha value is -3.15. The van der Waals surface area contributed by atoms with Crippen LogP contribution >= 0.6 is 11.3 Å². The first kappa shape index (κ1) is 22.6. The molecule has 0 radical (unpaired) electrons. The summed E-state index contributed by atoms with van der Waals surface area (Å²) in [5.41, 5.74) is 1.42. The Labute approximate surface area is 201 Å². The number of aliphatic imine (C=N–C) groups is 2. The number of ether oxygens (including phenoxy) is 4. The van der Waals surface area contributed by atoms with Crippen LogP contribution in [-0.2, 0) is 4.74 Å². The molecule has 2 aromatic rings. The minimum Gasteiger partial charge on any atom is -0.491 e. The number of benzene rings is 1. The number of thiophene rings is 1. The van der Waals surface area contributed by atoms with E-state index in [1.165, 1.54) is 11.3 Å². The number of hydrogen-bond donors (Lipinski definition) is 1.